The predicted molar refractivity (Wildman–Crippen MR) is 134 cm³/mol. The molecule has 2 aromatic heterocycles. The summed E-state index contributed by atoms with van der Waals surface area (Å²) in [5, 5.41) is 20.9. The summed E-state index contributed by atoms with van der Waals surface area (Å²) in [5.74, 6) is -0.685. The molecule has 3 aromatic carbocycles. The number of hydrogen-bond acceptors (Lipinski definition) is 4. The van der Waals surface area contributed by atoms with Crippen LogP contribution >= 0.6 is 0 Å². The summed E-state index contributed by atoms with van der Waals surface area (Å²) in [5.41, 5.74) is 6.43. The maximum atomic E-state index is 11.7. The van der Waals surface area contributed by atoms with Crippen molar-refractivity contribution in [3.05, 3.63) is 94.5 Å². The summed E-state index contributed by atoms with van der Waals surface area (Å²) in [7, 11) is 0. The molecule has 5 aromatic rings. The van der Waals surface area contributed by atoms with E-state index >= 15 is 0 Å². The highest BCUT2D eigenvalue weighted by molar-refractivity contribution is 6.07. The summed E-state index contributed by atoms with van der Waals surface area (Å²) in [6.07, 6.45) is 3.96. The molecular weight excluding hydrogens is 426 g/mol. The molecule has 5 heteroatoms. The number of carbonyl (C=O) groups is 1. The fourth-order valence-electron chi connectivity index (χ4n) is 4.67. The molecule has 0 atom stereocenters. The van der Waals surface area contributed by atoms with Crippen molar-refractivity contribution in [3.63, 3.8) is 0 Å². The molecular formula is C29H25NO4. The molecule has 0 saturated heterocycles. The number of hydrogen-bond donors (Lipinski definition) is 2. The fraction of sp³-hybridized carbons (Fsp3) is 0.172. The Morgan fingerprint density at radius 1 is 0.941 bits per heavy atom. The van der Waals surface area contributed by atoms with Crippen LogP contribution in [0.15, 0.2) is 71.1 Å². The maximum absolute atomic E-state index is 11.7. The quantitative estimate of drug-likeness (QED) is 0.307. The third kappa shape index (κ3) is 3.79. The van der Waals surface area contributed by atoms with Gasteiger partial charge in [-0.2, -0.15) is 0 Å². The average molecular weight is 452 g/mol. The zero-order valence-corrected chi connectivity index (χ0v) is 19.1. The van der Waals surface area contributed by atoms with E-state index < -0.39 is 5.97 Å². The number of aryl methyl sites for hydroxylation is 4. The third-order valence-corrected chi connectivity index (χ3v) is 6.46. The fourth-order valence-corrected chi connectivity index (χ4v) is 4.67. The van der Waals surface area contributed by atoms with Crippen molar-refractivity contribution < 1.29 is 19.4 Å². The lowest BCUT2D eigenvalue weighted by atomic mass is 10.0. The third-order valence-electron chi connectivity index (χ3n) is 6.46. The van der Waals surface area contributed by atoms with Crippen molar-refractivity contribution in [3.8, 4) is 17.2 Å². The number of benzene rings is 3. The highest BCUT2D eigenvalue weighted by Crippen LogP contribution is 2.36. The van der Waals surface area contributed by atoms with E-state index in [1.54, 1.807) is 17.2 Å². The largest absolute Gasteiger partial charge is 0.507 e. The molecule has 1 aliphatic rings. The van der Waals surface area contributed by atoms with Gasteiger partial charge in [0.25, 0.3) is 0 Å². The van der Waals surface area contributed by atoms with Crippen molar-refractivity contribution in [1.82, 2.24) is 4.98 Å². The van der Waals surface area contributed by atoms with Crippen molar-refractivity contribution >= 4 is 27.8 Å². The zero-order valence-electron chi connectivity index (χ0n) is 19.1. The molecule has 34 heavy (non-hydrogen) atoms. The summed E-state index contributed by atoms with van der Waals surface area (Å²) < 4.78 is 5.92. The first-order chi connectivity index (χ1) is 16.4. The van der Waals surface area contributed by atoms with E-state index in [1.807, 2.05) is 38.1 Å². The summed E-state index contributed by atoms with van der Waals surface area (Å²) in [4.78, 5) is 16.3. The molecule has 0 unspecified atom stereocenters. The number of aromatic carboxylic acids is 1. The highest BCUT2D eigenvalue weighted by Gasteiger charge is 2.20. The average Bonchev–Trinajstić information content (AvgIpc) is 3.46. The van der Waals surface area contributed by atoms with Crippen molar-refractivity contribution in [1.29, 1.82) is 0 Å². The van der Waals surface area contributed by atoms with Gasteiger partial charge in [0, 0.05) is 10.9 Å². The Morgan fingerprint density at radius 2 is 1.62 bits per heavy atom. The van der Waals surface area contributed by atoms with E-state index in [9.17, 15) is 15.0 Å². The molecule has 5 nitrogen and oxygen atoms in total. The van der Waals surface area contributed by atoms with Gasteiger partial charge in [-0.25, -0.2) is 9.78 Å². The first kappa shape index (κ1) is 21.7. The van der Waals surface area contributed by atoms with E-state index in [2.05, 4.69) is 29.2 Å². The van der Waals surface area contributed by atoms with Crippen LogP contribution < -0.4 is 0 Å². The molecule has 0 saturated carbocycles. The minimum atomic E-state index is -1.12. The van der Waals surface area contributed by atoms with Gasteiger partial charge in [0.05, 0.1) is 16.5 Å². The van der Waals surface area contributed by atoms with Gasteiger partial charge in [-0.1, -0.05) is 48.5 Å². The van der Waals surface area contributed by atoms with Gasteiger partial charge < -0.3 is 14.6 Å². The van der Waals surface area contributed by atoms with Crippen LogP contribution in [0.3, 0.4) is 0 Å². The lowest BCUT2D eigenvalue weighted by Gasteiger charge is -2.09. The Labute approximate surface area is 197 Å². The Hall–Kier alpha value is -4.12. The minimum Gasteiger partial charge on any atom is -0.507 e. The van der Waals surface area contributed by atoms with Gasteiger partial charge in [0.15, 0.2) is 5.76 Å². The zero-order chi connectivity index (χ0) is 23.8. The SMILES string of the molecule is Cc1c(-c2cc(C(=O)O)c3c(O)ccc(C)c3n2)oc2ccccc12.c1ccc2c(c1)CCC2. The van der Waals surface area contributed by atoms with Crippen molar-refractivity contribution in [2.45, 2.75) is 33.1 Å². The molecule has 0 fully saturated rings. The van der Waals surface area contributed by atoms with E-state index in [4.69, 9.17) is 4.42 Å². The molecule has 0 spiro atoms. The number of para-hydroxylation sites is 1. The Bertz CT molecular complexity index is 1520. The van der Waals surface area contributed by atoms with Crippen LogP contribution in [0, 0.1) is 13.8 Å². The number of fused-ring (bicyclic) bond motifs is 3. The Balaban J connectivity index is 0.000000222. The second-order valence-electron chi connectivity index (χ2n) is 8.66. The topological polar surface area (TPSA) is 83.6 Å². The molecule has 2 heterocycles. The predicted octanol–water partition coefficient (Wildman–Crippen LogP) is 6.84. The van der Waals surface area contributed by atoms with E-state index in [0.717, 1.165) is 22.1 Å². The Kier molecular flexibility index (Phi) is 5.54. The number of phenolic OH excluding ortho intramolecular Hbond substituents is 1. The second kappa shape index (κ2) is 8.67. The van der Waals surface area contributed by atoms with Gasteiger partial charge in [0.2, 0.25) is 0 Å². The number of pyridine rings is 1. The summed E-state index contributed by atoms with van der Waals surface area (Å²) >= 11 is 0. The maximum Gasteiger partial charge on any atom is 0.336 e. The normalized spacial score (nSPS) is 12.4. The van der Waals surface area contributed by atoms with Crippen molar-refractivity contribution in [2.24, 2.45) is 0 Å². The lowest BCUT2D eigenvalue weighted by molar-refractivity contribution is 0.0698. The second-order valence-corrected chi connectivity index (χ2v) is 8.66. The van der Waals surface area contributed by atoms with Gasteiger partial charge in [0.1, 0.15) is 17.0 Å². The smallest absolute Gasteiger partial charge is 0.336 e. The molecule has 6 rings (SSSR count). The monoisotopic (exact) mass is 451 g/mol. The minimum absolute atomic E-state index is 0.000978. The van der Waals surface area contributed by atoms with Gasteiger partial charge >= 0.3 is 5.97 Å². The first-order valence-corrected chi connectivity index (χ1v) is 11.4. The highest BCUT2D eigenvalue weighted by atomic mass is 16.4. The van der Waals surface area contributed by atoms with Crippen LogP contribution in [-0.2, 0) is 12.8 Å². The van der Waals surface area contributed by atoms with E-state index in [-0.39, 0.29) is 16.7 Å². The summed E-state index contributed by atoms with van der Waals surface area (Å²) in [6.45, 7) is 3.75. The molecule has 0 bridgehead atoms. The van der Waals surface area contributed by atoms with Gasteiger partial charge in [-0.05, 0) is 68.0 Å². The first-order valence-electron chi connectivity index (χ1n) is 11.4. The van der Waals surface area contributed by atoms with Crippen LogP contribution in [-0.4, -0.2) is 21.2 Å². The van der Waals surface area contributed by atoms with E-state index in [1.165, 1.54) is 31.4 Å². The molecule has 0 amide bonds. The number of aromatic nitrogens is 1. The van der Waals surface area contributed by atoms with Crippen LogP contribution in [0.5, 0.6) is 5.75 Å². The molecule has 0 aliphatic heterocycles. The van der Waals surface area contributed by atoms with E-state index in [0.29, 0.717) is 17.0 Å². The van der Waals surface area contributed by atoms with Gasteiger partial charge in [-0.3, -0.25) is 0 Å². The molecule has 0 radical (unpaired) electrons. The lowest BCUT2D eigenvalue weighted by Crippen LogP contribution is -2.01. The number of carboxylic acids is 1. The van der Waals surface area contributed by atoms with Gasteiger partial charge in [-0.15, -0.1) is 0 Å². The number of furan rings is 1. The number of carboxylic acid groups (broad SMARTS) is 1. The number of phenols is 1. The molecule has 2 N–H and O–H groups in total. The molecule has 170 valence electrons. The van der Waals surface area contributed by atoms with Crippen LogP contribution in [0.1, 0.15) is 39.0 Å². The number of nitrogens with zero attached hydrogens (tertiary/aromatic N) is 1. The van der Waals surface area contributed by atoms with Crippen LogP contribution in [0.4, 0.5) is 0 Å². The Morgan fingerprint density at radius 3 is 2.29 bits per heavy atom. The number of rotatable bonds is 2. The molecule has 1 aliphatic carbocycles. The summed E-state index contributed by atoms with van der Waals surface area (Å²) in [6, 6.07) is 21.0. The van der Waals surface area contributed by atoms with Crippen LogP contribution in [0.2, 0.25) is 0 Å². The number of aromatic hydroxyl groups is 1. The van der Waals surface area contributed by atoms with Crippen molar-refractivity contribution in [2.75, 3.05) is 0 Å². The standard InChI is InChI=1S/C20H15NO4.C9H10/c1-10-7-8-15(22)17-13(20(23)24)9-14(21-18(10)17)19-11(2)12-5-3-4-6-16(12)25-19;1-2-5-9-7-3-6-8(9)4-1/h3-9,22H,1-2H3,(H,23,24);1-2,4-5H,3,6-7H2. The van der Waals surface area contributed by atoms with Crippen LogP contribution in [0.25, 0.3) is 33.3 Å².